The zero-order chi connectivity index (χ0) is 12.3. The highest BCUT2D eigenvalue weighted by atomic mass is 79.9. The minimum absolute atomic E-state index is 0.508. The first-order valence-corrected chi connectivity index (χ1v) is 7.20. The molecule has 2 aromatic rings. The molecule has 0 aliphatic carbocycles. The van der Waals surface area contributed by atoms with E-state index in [9.17, 15) is 0 Å². The quantitative estimate of drug-likeness (QED) is 0.920. The summed E-state index contributed by atoms with van der Waals surface area (Å²) < 4.78 is 1.10. The molecule has 4 heteroatoms. The molecule has 1 aromatic heterocycles. The van der Waals surface area contributed by atoms with Gasteiger partial charge in [0.2, 0.25) is 0 Å². The van der Waals surface area contributed by atoms with Gasteiger partial charge in [-0.05, 0) is 12.1 Å². The first-order valence-electron chi connectivity index (χ1n) is 5.59. The smallest absolute Gasteiger partial charge is 0.123 e. The fourth-order valence-electron chi connectivity index (χ4n) is 1.42. The van der Waals surface area contributed by atoms with Crippen molar-refractivity contribution in [2.45, 2.75) is 26.4 Å². The minimum atomic E-state index is 0.508. The van der Waals surface area contributed by atoms with Gasteiger partial charge < -0.3 is 5.32 Å². The number of rotatable bonds is 4. The molecule has 0 aliphatic heterocycles. The SMILES string of the molecule is CC(C)NCc1cnc(-c2ccc(Br)cc2)s1. The number of thiazole rings is 1. The van der Waals surface area contributed by atoms with E-state index in [1.165, 1.54) is 10.4 Å². The van der Waals surface area contributed by atoms with Gasteiger partial charge in [-0.25, -0.2) is 4.98 Å². The highest BCUT2D eigenvalue weighted by molar-refractivity contribution is 9.10. The lowest BCUT2D eigenvalue weighted by atomic mass is 10.2. The second kappa shape index (κ2) is 5.76. The molecule has 2 rings (SSSR count). The van der Waals surface area contributed by atoms with E-state index in [1.807, 2.05) is 18.3 Å². The number of nitrogens with zero attached hydrogens (tertiary/aromatic N) is 1. The van der Waals surface area contributed by atoms with Crippen LogP contribution in [0.2, 0.25) is 0 Å². The normalized spacial score (nSPS) is 11.1. The molecule has 0 radical (unpaired) electrons. The molecular formula is C13H15BrN2S. The molecule has 1 aromatic carbocycles. The maximum absolute atomic E-state index is 4.46. The predicted octanol–water partition coefficient (Wildman–Crippen LogP) is 4.07. The van der Waals surface area contributed by atoms with Crippen molar-refractivity contribution in [2.75, 3.05) is 0 Å². The highest BCUT2D eigenvalue weighted by Crippen LogP contribution is 2.26. The van der Waals surface area contributed by atoms with E-state index in [0.29, 0.717) is 6.04 Å². The van der Waals surface area contributed by atoms with Crippen molar-refractivity contribution in [1.82, 2.24) is 10.3 Å². The van der Waals surface area contributed by atoms with Crippen molar-refractivity contribution in [2.24, 2.45) is 0 Å². The summed E-state index contributed by atoms with van der Waals surface area (Å²) in [5, 5.41) is 4.48. The van der Waals surface area contributed by atoms with E-state index in [2.05, 4.69) is 52.2 Å². The monoisotopic (exact) mass is 310 g/mol. The Morgan fingerprint density at radius 2 is 2.00 bits per heavy atom. The summed E-state index contributed by atoms with van der Waals surface area (Å²) in [6.45, 7) is 5.19. The van der Waals surface area contributed by atoms with Crippen LogP contribution in [0, 0.1) is 0 Å². The van der Waals surface area contributed by atoms with E-state index >= 15 is 0 Å². The van der Waals surface area contributed by atoms with Crippen LogP contribution in [-0.2, 0) is 6.54 Å². The van der Waals surface area contributed by atoms with E-state index in [-0.39, 0.29) is 0 Å². The lowest BCUT2D eigenvalue weighted by molar-refractivity contribution is 0.593. The number of hydrogen-bond donors (Lipinski definition) is 1. The molecule has 1 N–H and O–H groups in total. The Bertz CT molecular complexity index is 476. The molecule has 0 atom stereocenters. The molecule has 1 heterocycles. The van der Waals surface area contributed by atoms with Gasteiger partial charge in [-0.1, -0.05) is 41.9 Å². The molecule has 0 bridgehead atoms. The van der Waals surface area contributed by atoms with Gasteiger partial charge in [0.05, 0.1) is 0 Å². The Morgan fingerprint density at radius 3 is 2.65 bits per heavy atom. The van der Waals surface area contributed by atoms with Gasteiger partial charge in [0.15, 0.2) is 0 Å². The van der Waals surface area contributed by atoms with Crippen LogP contribution in [0.3, 0.4) is 0 Å². The van der Waals surface area contributed by atoms with E-state index < -0.39 is 0 Å². The van der Waals surface area contributed by atoms with E-state index in [1.54, 1.807) is 11.3 Å². The number of benzene rings is 1. The molecule has 0 unspecified atom stereocenters. The summed E-state index contributed by atoms with van der Waals surface area (Å²) in [5.74, 6) is 0. The lowest BCUT2D eigenvalue weighted by Crippen LogP contribution is -2.21. The van der Waals surface area contributed by atoms with Crippen molar-refractivity contribution >= 4 is 27.3 Å². The molecule has 90 valence electrons. The molecule has 0 aliphatic rings. The number of hydrogen-bond acceptors (Lipinski definition) is 3. The average Bonchev–Trinajstić information content (AvgIpc) is 2.76. The standard InChI is InChI=1S/C13H15BrN2S/c1-9(2)15-7-12-8-16-13(17-12)10-3-5-11(14)6-4-10/h3-6,8-9,15H,7H2,1-2H3. The average molecular weight is 311 g/mol. The van der Waals surface area contributed by atoms with Crippen LogP contribution in [0.1, 0.15) is 18.7 Å². The maximum Gasteiger partial charge on any atom is 0.123 e. The Morgan fingerprint density at radius 1 is 1.29 bits per heavy atom. The van der Waals surface area contributed by atoms with Gasteiger partial charge >= 0.3 is 0 Å². The van der Waals surface area contributed by atoms with Crippen LogP contribution in [-0.4, -0.2) is 11.0 Å². The highest BCUT2D eigenvalue weighted by Gasteiger charge is 2.04. The van der Waals surface area contributed by atoms with Crippen LogP contribution in [0.4, 0.5) is 0 Å². The topological polar surface area (TPSA) is 24.9 Å². The van der Waals surface area contributed by atoms with Crippen LogP contribution in [0.25, 0.3) is 10.6 Å². The molecular weight excluding hydrogens is 296 g/mol. The second-order valence-electron chi connectivity index (χ2n) is 4.17. The van der Waals surface area contributed by atoms with Crippen molar-refractivity contribution in [1.29, 1.82) is 0 Å². The zero-order valence-corrected chi connectivity index (χ0v) is 12.3. The number of aromatic nitrogens is 1. The van der Waals surface area contributed by atoms with Gasteiger partial charge in [-0.15, -0.1) is 11.3 Å². The predicted molar refractivity (Wildman–Crippen MR) is 77.2 cm³/mol. The summed E-state index contributed by atoms with van der Waals surface area (Å²) in [6, 6.07) is 8.77. The van der Waals surface area contributed by atoms with Crippen molar-refractivity contribution < 1.29 is 0 Å². The summed E-state index contributed by atoms with van der Waals surface area (Å²) in [6.07, 6.45) is 1.96. The molecule has 17 heavy (non-hydrogen) atoms. The Kier molecular flexibility index (Phi) is 4.31. The molecule has 0 saturated heterocycles. The van der Waals surface area contributed by atoms with E-state index in [0.717, 1.165) is 16.0 Å². The van der Waals surface area contributed by atoms with E-state index in [4.69, 9.17) is 0 Å². The summed E-state index contributed by atoms with van der Waals surface area (Å²) in [7, 11) is 0. The molecule has 0 spiro atoms. The lowest BCUT2D eigenvalue weighted by Gasteiger charge is -2.04. The van der Waals surface area contributed by atoms with Gasteiger partial charge in [0.1, 0.15) is 5.01 Å². The first-order chi connectivity index (χ1) is 8.15. The molecule has 0 amide bonds. The van der Waals surface area contributed by atoms with Gasteiger partial charge in [-0.3, -0.25) is 0 Å². The van der Waals surface area contributed by atoms with Gasteiger partial charge in [0, 0.05) is 33.7 Å². The van der Waals surface area contributed by atoms with Gasteiger partial charge in [0.25, 0.3) is 0 Å². The third-order valence-corrected chi connectivity index (χ3v) is 3.90. The largest absolute Gasteiger partial charge is 0.310 e. The summed E-state index contributed by atoms with van der Waals surface area (Å²) in [4.78, 5) is 5.73. The first kappa shape index (κ1) is 12.7. The molecule has 0 fully saturated rings. The van der Waals surface area contributed by atoms with Crippen LogP contribution in [0.15, 0.2) is 34.9 Å². The fourth-order valence-corrected chi connectivity index (χ4v) is 2.55. The Hall–Kier alpha value is -0.710. The molecule has 0 saturated carbocycles. The van der Waals surface area contributed by atoms with Crippen molar-refractivity contribution in [3.8, 4) is 10.6 Å². The third kappa shape index (κ3) is 3.63. The van der Waals surface area contributed by atoms with Gasteiger partial charge in [-0.2, -0.15) is 0 Å². The number of halogens is 1. The Labute approximate surface area is 114 Å². The fraction of sp³-hybridized carbons (Fsp3) is 0.308. The van der Waals surface area contributed by atoms with Crippen LogP contribution in [0.5, 0.6) is 0 Å². The summed E-state index contributed by atoms with van der Waals surface area (Å²) >= 11 is 5.18. The zero-order valence-electron chi connectivity index (χ0n) is 9.90. The summed E-state index contributed by atoms with van der Waals surface area (Å²) in [5.41, 5.74) is 1.17. The van der Waals surface area contributed by atoms with Crippen LogP contribution >= 0.6 is 27.3 Å². The third-order valence-electron chi connectivity index (χ3n) is 2.33. The maximum atomic E-state index is 4.46. The second-order valence-corrected chi connectivity index (χ2v) is 6.21. The van der Waals surface area contributed by atoms with Crippen molar-refractivity contribution in [3.05, 3.63) is 39.8 Å². The number of nitrogens with one attached hydrogen (secondary N) is 1. The van der Waals surface area contributed by atoms with Crippen LogP contribution < -0.4 is 5.32 Å². The minimum Gasteiger partial charge on any atom is -0.310 e. The molecule has 2 nitrogen and oxygen atoms in total. The Balaban J connectivity index is 2.10. The van der Waals surface area contributed by atoms with Crippen molar-refractivity contribution in [3.63, 3.8) is 0 Å².